The minimum atomic E-state index is -0.678. The lowest BCUT2D eigenvalue weighted by Gasteiger charge is -2.14. The third kappa shape index (κ3) is 5.37. The zero-order valence-corrected chi connectivity index (χ0v) is 9.65. The van der Waals surface area contributed by atoms with Crippen molar-refractivity contribution < 1.29 is 19.1 Å². The van der Waals surface area contributed by atoms with E-state index in [1.54, 1.807) is 13.8 Å². The summed E-state index contributed by atoms with van der Waals surface area (Å²) in [5.41, 5.74) is 5.52. The summed E-state index contributed by atoms with van der Waals surface area (Å²) in [7, 11) is 0. The van der Waals surface area contributed by atoms with Crippen molar-refractivity contribution in [3.05, 3.63) is 0 Å². The predicted molar refractivity (Wildman–Crippen MR) is 54.7 cm³/mol. The molecule has 0 aliphatic heterocycles. The summed E-state index contributed by atoms with van der Waals surface area (Å²) in [6.07, 6.45) is 0. The van der Waals surface area contributed by atoms with Gasteiger partial charge >= 0.3 is 11.9 Å². The second kappa shape index (κ2) is 6.40. The van der Waals surface area contributed by atoms with E-state index in [2.05, 4.69) is 9.47 Å². The summed E-state index contributed by atoms with van der Waals surface area (Å²) >= 11 is 0. The third-order valence-electron chi connectivity index (χ3n) is 1.86. The molecule has 0 aromatic carbocycles. The van der Waals surface area contributed by atoms with Crippen molar-refractivity contribution in [2.24, 2.45) is 17.6 Å². The van der Waals surface area contributed by atoms with E-state index < -0.39 is 18.0 Å². The van der Waals surface area contributed by atoms with Crippen LogP contribution in [0, 0.1) is 11.8 Å². The molecular formula is C10H19NO4. The summed E-state index contributed by atoms with van der Waals surface area (Å²) in [5.74, 6) is -1.19. The minimum Gasteiger partial charge on any atom is -0.428 e. The lowest BCUT2D eigenvalue weighted by atomic mass is 10.1. The molecule has 0 spiro atoms. The second-order valence-electron chi connectivity index (χ2n) is 3.97. The number of hydrogen-bond donors (Lipinski definition) is 1. The van der Waals surface area contributed by atoms with E-state index in [-0.39, 0.29) is 18.6 Å². The van der Waals surface area contributed by atoms with Gasteiger partial charge in [0, 0.05) is 0 Å². The smallest absolute Gasteiger partial charge is 0.326 e. The summed E-state index contributed by atoms with van der Waals surface area (Å²) in [6, 6.07) is -0.678. The van der Waals surface area contributed by atoms with Gasteiger partial charge in [-0.2, -0.15) is 0 Å². The molecule has 0 aromatic heterocycles. The lowest BCUT2D eigenvalue weighted by molar-refractivity contribution is -0.170. The van der Waals surface area contributed by atoms with Crippen LogP contribution >= 0.6 is 0 Å². The molecule has 15 heavy (non-hydrogen) atoms. The van der Waals surface area contributed by atoms with Gasteiger partial charge in [-0.3, -0.25) is 9.59 Å². The van der Waals surface area contributed by atoms with Gasteiger partial charge in [0.25, 0.3) is 0 Å². The number of nitrogens with two attached hydrogens (primary N) is 1. The van der Waals surface area contributed by atoms with E-state index in [0.29, 0.717) is 0 Å². The Morgan fingerprint density at radius 1 is 1.07 bits per heavy atom. The van der Waals surface area contributed by atoms with Crippen LogP contribution in [0.2, 0.25) is 0 Å². The molecule has 1 atom stereocenters. The molecule has 0 aliphatic rings. The van der Waals surface area contributed by atoms with Gasteiger partial charge in [-0.05, 0) is 5.92 Å². The van der Waals surface area contributed by atoms with Crippen molar-refractivity contribution in [2.75, 3.05) is 6.79 Å². The number of carbonyl (C=O) groups is 2. The molecule has 0 fully saturated rings. The standard InChI is InChI=1S/C10H19NO4/c1-6(2)8(11)10(13)15-5-14-9(12)7(3)4/h6-8H,5,11H2,1-4H3/t8-/m0/s1. The molecule has 0 rings (SSSR count). The first-order valence-electron chi connectivity index (χ1n) is 4.95. The average Bonchev–Trinajstić information content (AvgIpc) is 2.15. The van der Waals surface area contributed by atoms with E-state index in [0.717, 1.165) is 0 Å². The van der Waals surface area contributed by atoms with Crippen LogP contribution in [-0.2, 0) is 19.1 Å². The van der Waals surface area contributed by atoms with Gasteiger partial charge in [0.05, 0.1) is 5.92 Å². The monoisotopic (exact) mass is 217 g/mol. The number of carbonyl (C=O) groups excluding carboxylic acids is 2. The zero-order valence-electron chi connectivity index (χ0n) is 9.65. The van der Waals surface area contributed by atoms with Crippen LogP contribution in [0.1, 0.15) is 27.7 Å². The van der Waals surface area contributed by atoms with Crippen LogP contribution in [0.5, 0.6) is 0 Å². The van der Waals surface area contributed by atoms with Gasteiger partial charge < -0.3 is 15.2 Å². The van der Waals surface area contributed by atoms with Crippen LogP contribution in [-0.4, -0.2) is 24.8 Å². The van der Waals surface area contributed by atoms with Crippen LogP contribution < -0.4 is 5.73 Å². The molecule has 0 unspecified atom stereocenters. The number of esters is 2. The summed E-state index contributed by atoms with van der Waals surface area (Å²) in [4.78, 5) is 22.2. The van der Waals surface area contributed by atoms with Gasteiger partial charge in [-0.1, -0.05) is 27.7 Å². The van der Waals surface area contributed by atoms with Crippen molar-refractivity contribution in [2.45, 2.75) is 33.7 Å². The van der Waals surface area contributed by atoms with E-state index in [9.17, 15) is 9.59 Å². The van der Waals surface area contributed by atoms with Crippen molar-refractivity contribution in [3.63, 3.8) is 0 Å². The topological polar surface area (TPSA) is 78.6 Å². The maximum atomic E-state index is 11.2. The van der Waals surface area contributed by atoms with Crippen molar-refractivity contribution in [1.82, 2.24) is 0 Å². The van der Waals surface area contributed by atoms with Gasteiger partial charge in [-0.15, -0.1) is 0 Å². The molecule has 0 aliphatic carbocycles. The fourth-order valence-electron chi connectivity index (χ4n) is 0.681. The second-order valence-corrected chi connectivity index (χ2v) is 3.97. The Hall–Kier alpha value is -1.10. The highest BCUT2D eigenvalue weighted by molar-refractivity contribution is 5.76. The van der Waals surface area contributed by atoms with E-state index in [1.165, 1.54) is 0 Å². The van der Waals surface area contributed by atoms with E-state index in [4.69, 9.17) is 5.73 Å². The first-order chi connectivity index (χ1) is 6.86. The lowest BCUT2D eigenvalue weighted by Crippen LogP contribution is -2.37. The number of hydrogen-bond acceptors (Lipinski definition) is 5. The van der Waals surface area contributed by atoms with Crippen LogP contribution in [0.25, 0.3) is 0 Å². The van der Waals surface area contributed by atoms with Gasteiger partial charge in [-0.25, -0.2) is 0 Å². The molecule has 5 heteroatoms. The molecule has 0 bridgehead atoms. The van der Waals surface area contributed by atoms with Gasteiger partial charge in [0.2, 0.25) is 6.79 Å². The Morgan fingerprint density at radius 2 is 1.53 bits per heavy atom. The molecule has 0 radical (unpaired) electrons. The van der Waals surface area contributed by atoms with Crippen molar-refractivity contribution in [3.8, 4) is 0 Å². The maximum absolute atomic E-state index is 11.2. The molecule has 0 amide bonds. The SMILES string of the molecule is CC(C)C(=O)OCOC(=O)[C@@H](N)C(C)C. The molecule has 5 nitrogen and oxygen atoms in total. The first-order valence-corrected chi connectivity index (χ1v) is 4.95. The van der Waals surface area contributed by atoms with Crippen LogP contribution in [0.15, 0.2) is 0 Å². The fourth-order valence-corrected chi connectivity index (χ4v) is 0.681. The molecule has 0 saturated carbocycles. The number of ether oxygens (including phenoxy) is 2. The quantitative estimate of drug-likeness (QED) is 0.541. The molecule has 0 saturated heterocycles. The molecule has 0 aromatic rings. The zero-order chi connectivity index (χ0) is 12.0. The Morgan fingerprint density at radius 3 is 1.93 bits per heavy atom. The van der Waals surface area contributed by atoms with Crippen LogP contribution in [0.3, 0.4) is 0 Å². The maximum Gasteiger partial charge on any atom is 0.326 e. The molecular weight excluding hydrogens is 198 g/mol. The normalized spacial score (nSPS) is 12.7. The molecule has 88 valence electrons. The predicted octanol–water partition coefficient (Wildman–Crippen LogP) is 0.670. The molecule has 2 N–H and O–H groups in total. The summed E-state index contributed by atoms with van der Waals surface area (Å²) in [5, 5.41) is 0. The number of rotatable bonds is 5. The third-order valence-corrected chi connectivity index (χ3v) is 1.86. The summed E-state index contributed by atoms with van der Waals surface area (Å²) in [6.45, 7) is 6.66. The van der Waals surface area contributed by atoms with Crippen molar-refractivity contribution >= 4 is 11.9 Å². The Balaban J connectivity index is 3.78. The highest BCUT2D eigenvalue weighted by Gasteiger charge is 2.19. The Bertz CT molecular complexity index is 225. The molecule has 0 heterocycles. The van der Waals surface area contributed by atoms with Crippen molar-refractivity contribution in [1.29, 1.82) is 0 Å². The average molecular weight is 217 g/mol. The fraction of sp³-hybridized carbons (Fsp3) is 0.800. The van der Waals surface area contributed by atoms with E-state index >= 15 is 0 Å². The highest BCUT2D eigenvalue weighted by Crippen LogP contribution is 2.01. The van der Waals surface area contributed by atoms with Gasteiger partial charge in [0.15, 0.2) is 0 Å². The Labute approximate surface area is 89.9 Å². The van der Waals surface area contributed by atoms with Crippen LogP contribution in [0.4, 0.5) is 0 Å². The first kappa shape index (κ1) is 13.9. The summed E-state index contributed by atoms with van der Waals surface area (Å²) < 4.78 is 9.35. The van der Waals surface area contributed by atoms with E-state index in [1.807, 2.05) is 13.8 Å². The minimum absolute atomic E-state index is 0.00157. The highest BCUT2D eigenvalue weighted by atomic mass is 16.7. The van der Waals surface area contributed by atoms with Gasteiger partial charge in [0.1, 0.15) is 6.04 Å². The Kier molecular flexibility index (Phi) is 5.93. The largest absolute Gasteiger partial charge is 0.428 e.